The average Bonchev–Trinajstić information content (AvgIpc) is 2.88. The first-order chi connectivity index (χ1) is 17.7. The van der Waals surface area contributed by atoms with Gasteiger partial charge in [-0.2, -0.15) is 0 Å². The first-order valence-corrected chi connectivity index (χ1v) is 12.2. The molecule has 1 aliphatic heterocycles. The average molecular weight is 575 g/mol. The van der Waals surface area contributed by atoms with Crippen molar-refractivity contribution < 1.29 is 39.1 Å². The Labute approximate surface area is 221 Å². The normalized spacial score (nSPS) is 23.4. The molecule has 196 valence electrons. The summed E-state index contributed by atoms with van der Waals surface area (Å²) in [5.74, 6) is -0.435. The Balaban J connectivity index is 1.75. The molecule has 1 aliphatic rings. The summed E-state index contributed by atoms with van der Waals surface area (Å²) in [5, 5.41) is 37.4. The third-order valence-electron chi connectivity index (χ3n) is 5.99. The van der Waals surface area contributed by atoms with Crippen LogP contribution in [0.1, 0.15) is 17.3 Å². The van der Waals surface area contributed by atoms with E-state index in [9.17, 15) is 24.9 Å². The first kappa shape index (κ1) is 26.8. The summed E-state index contributed by atoms with van der Waals surface area (Å²) < 4.78 is 17.9. The van der Waals surface area contributed by atoms with Crippen LogP contribution in [0.4, 0.5) is 5.69 Å². The van der Waals surface area contributed by atoms with E-state index in [1.54, 1.807) is 36.4 Å². The minimum atomic E-state index is -1.50. The van der Waals surface area contributed by atoms with E-state index < -0.39 is 49.1 Å². The van der Waals surface area contributed by atoms with Crippen molar-refractivity contribution in [3.63, 3.8) is 0 Å². The van der Waals surface area contributed by atoms with Crippen molar-refractivity contribution in [2.75, 3.05) is 19.0 Å². The Morgan fingerprint density at radius 2 is 1.78 bits per heavy atom. The molecule has 11 heteroatoms. The number of rotatable bonds is 7. The molecule has 0 spiro atoms. The van der Waals surface area contributed by atoms with Crippen LogP contribution in [0.3, 0.4) is 0 Å². The molecule has 10 nitrogen and oxygen atoms in total. The molecule has 2 amide bonds. The quantitative estimate of drug-likeness (QED) is 0.288. The zero-order valence-corrected chi connectivity index (χ0v) is 21.6. The smallest absolute Gasteiger partial charge is 0.259 e. The van der Waals surface area contributed by atoms with E-state index >= 15 is 0 Å². The lowest BCUT2D eigenvalue weighted by Crippen LogP contribution is -2.65. The minimum Gasteiger partial charge on any atom is -0.495 e. The van der Waals surface area contributed by atoms with Gasteiger partial charge in [0.05, 0.1) is 25.0 Å². The third kappa shape index (κ3) is 5.86. The number of benzene rings is 3. The molecule has 5 N–H and O–H groups in total. The first-order valence-electron chi connectivity index (χ1n) is 11.5. The highest BCUT2D eigenvalue weighted by molar-refractivity contribution is 9.10. The Bertz CT molecular complexity index is 1300. The molecule has 37 heavy (non-hydrogen) atoms. The Morgan fingerprint density at radius 3 is 2.49 bits per heavy atom. The number of methoxy groups -OCH3 is 1. The fourth-order valence-electron chi connectivity index (χ4n) is 4.16. The van der Waals surface area contributed by atoms with E-state index in [1.165, 1.54) is 14.0 Å². The van der Waals surface area contributed by atoms with Crippen LogP contribution in [0, 0.1) is 0 Å². The molecular weight excluding hydrogens is 548 g/mol. The van der Waals surface area contributed by atoms with Crippen LogP contribution >= 0.6 is 15.9 Å². The predicted molar refractivity (Wildman–Crippen MR) is 139 cm³/mol. The van der Waals surface area contributed by atoms with Crippen LogP contribution in [-0.4, -0.2) is 71.5 Å². The molecule has 1 heterocycles. The highest BCUT2D eigenvalue weighted by atomic mass is 79.9. The number of aliphatic hydroxyl groups is 3. The van der Waals surface area contributed by atoms with Crippen molar-refractivity contribution in [2.45, 2.75) is 37.6 Å². The van der Waals surface area contributed by atoms with E-state index in [0.29, 0.717) is 11.4 Å². The van der Waals surface area contributed by atoms with Gasteiger partial charge < -0.3 is 40.2 Å². The Kier molecular flexibility index (Phi) is 8.30. The molecule has 0 aliphatic carbocycles. The molecule has 0 bridgehead atoms. The highest BCUT2D eigenvalue weighted by Gasteiger charge is 2.46. The van der Waals surface area contributed by atoms with Crippen LogP contribution in [0.5, 0.6) is 11.5 Å². The summed E-state index contributed by atoms with van der Waals surface area (Å²) in [7, 11) is 1.49. The molecule has 4 rings (SSSR count). The molecule has 0 unspecified atom stereocenters. The van der Waals surface area contributed by atoms with Crippen molar-refractivity contribution in [1.29, 1.82) is 0 Å². The highest BCUT2D eigenvalue weighted by Crippen LogP contribution is 2.33. The number of hydrogen-bond acceptors (Lipinski definition) is 8. The Hall–Kier alpha value is -3.22. The van der Waals surface area contributed by atoms with Gasteiger partial charge in [0, 0.05) is 11.4 Å². The van der Waals surface area contributed by atoms with Gasteiger partial charge in [-0.25, -0.2) is 0 Å². The molecule has 3 aromatic carbocycles. The fourth-order valence-corrected chi connectivity index (χ4v) is 4.54. The maximum absolute atomic E-state index is 13.5. The lowest BCUT2D eigenvalue weighted by atomic mass is 9.96. The zero-order valence-electron chi connectivity index (χ0n) is 20.1. The molecule has 0 saturated carbocycles. The summed E-state index contributed by atoms with van der Waals surface area (Å²) in [6.45, 7) is 0.645. The number of ether oxygens (including phenoxy) is 3. The largest absolute Gasteiger partial charge is 0.495 e. The molecular formula is C26H27BrN2O8. The minimum absolute atomic E-state index is 0.0999. The zero-order chi connectivity index (χ0) is 26.7. The van der Waals surface area contributed by atoms with Crippen LogP contribution in [-0.2, 0) is 9.53 Å². The summed E-state index contributed by atoms with van der Waals surface area (Å²) in [6.07, 6.45) is -5.47. The summed E-state index contributed by atoms with van der Waals surface area (Å²) in [5.41, 5.74) is 0.585. The third-order valence-corrected chi connectivity index (χ3v) is 6.49. The maximum atomic E-state index is 13.5. The van der Waals surface area contributed by atoms with E-state index in [0.717, 1.165) is 15.2 Å². The van der Waals surface area contributed by atoms with Gasteiger partial charge in [-0.05, 0) is 47.2 Å². The van der Waals surface area contributed by atoms with Gasteiger partial charge in [-0.3, -0.25) is 9.59 Å². The topological polar surface area (TPSA) is 147 Å². The molecule has 1 saturated heterocycles. The SMILES string of the molecule is COc1ccccc1NC(=O)c1cc2cc(Br)ccc2cc1O[C@@H]1O[C@H](CO)[C@@H](O)[C@@H](O)[C@H]1NC(C)=O. The van der Waals surface area contributed by atoms with Gasteiger partial charge in [0.2, 0.25) is 12.2 Å². The molecule has 5 atom stereocenters. The monoisotopic (exact) mass is 574 g/mol. The van der Waals surface area contributed by atoms with Crippen molar-refractivity contribution in [3.05, 3.63) is 64.6 Å². The summed E-state index contributed by atoms with van der Waals surface area (Å²) >= 11 is 3.44. The van der Waals surface area contributed by atoms with Crippen LogP contribution in [0.25, 0.3) is 10.8 Å². The molecule has 0 aromatic heterocycles. The second-order valence-electron chi connectivity index (χ2n) is 8.55. The van der Waals surface area contributed by atoms with Gasteiger partial charge in [-0.15, -0.1) is 0 Å². The van der Waals surface area contributed by atoms with Crippen molar-refractivity contribution in [1.82, 2.24) is 5.32 Å². The number of halogens is 1. The van der Waals surface area contributed by atoms with Crippen LogP contribution in [0.15, 0.2) is 59.1 Å². The van der Waals surface area contributed by atoms with Gasteiger partial charge in [0.25, 0.3) is 5.91 Å². The van der Waals surface area contributed by atoms with Crippen molar-refractivity contribution >= 4 is 44.2 Å². The number of carbonyl (C=O) groups excluding carboxylic acids is 2. The number of para-hydroxylation sites is 2. The predicted octanol–water partition coefficient (Wildman–Crippen LogP) is 2.19. The van der Waals surface area contributed by atoms with Crippen LogP contribution in [0.2, 0.25) is 0 Å². The lowest BCUT2D eigenvalue weighted by Gasteiger charge is -2.42. The summed E-state index contributed by atoms with van der Waals surface area (Å²) in [4.78, 5) is 25.3. The van der Waals surface area contributed by atoms with Crippen LogP contribution < -0.4 is 20.1 Å². The Morgan fingerprint density at radius 1 is 1.03 bits per heavy atom. The number of aliphatic hydroxyl groups excluding tert-OH is 3. The second-order valence-corrected chi connectivity index (χ2v) is 9.46. The number of hydrogen-bond donors (Lipinski definition) is 5. The molecule has 1 fully saturated rings. The van der Waals surface area contributed by atoms with E-state index in [2.05, 4.69) is 26.6 Å². The van der Waals surface area contributed by atoms with Gasteiger partial charge in [-0.1, -0.05) is 34.1 Å². The fraction of sp³-hybridized carbons (Fsp3) is 0.308. The maximum Gasteiger partial charge on any atom is 0.259 e. The van der Waals surface area contributed by atoms with E-state index in [1.807, 2.05) is 18.2 Å². The second kappa shape index (κ2) is 11.4. The standard InChI is InChI=1S/C26H27BrN2O8/c1-13(31)28-22-24(33)23(32)21(12-30)37-26(22)36-20-11-14-7-8-16(27)9-15(14)10-17(20)25(34)29-18-5-3-4-6-19(18)35-2/h3-11,21-24,26,30,32-33H,12H2,1-2H3,(H,28,31)(H,29,34)/t21-,22-,23-,24+,26-/m1/s1. The molecule has 3 aromatic rings. The number of nitrogens with one attached hydrogen (secondary N) is 2. The number of fused-ring (bicyclic) bond motifs is 1. The summed E-state index contributed by atoms with van der Waals surface area (Å²) in [6, 6.07) is 14.5. The van der Waals surface area contributed by atoms with E-state index in [4.69, 9.17) is 14.2 Å². The van der Waals surface area contributed by atoms with Gasteiger partial charge in [0.1, 0.15) is 35.9 Å². The van der Waals surface area contributed by atoms with Crippen molar-refractivity contribution in [3.8, 4) is 11.5 Å². The van der Waals surface area contributed by atoms with Gasteiger partial charge in [0.15, 0.2) is 0 Å². The van der Waals surface area contributed by atoms with Gasteiger partial charge >= 0.3 is 0 Å². The molecule has 0 radical (unpaired) electrons. The lowest BCUT2D eigenvalue weighted by molar-refractivity contribution is -0.244. The number of amides is 2. The van der Waals surface area contributed by atoms with Crippen molar-refractivity contribution in [2.24, 2.45) is 0 Å². The van der Waals surface area contributed by atoms with E-state index in [-0.39, 0.29) is 11.3 Å². The number of anilines is 1. The number of carbonyl (C=O) groups is 2.